The van der Waals surface area contributed by atoms with Crippen LogP contribution in [0.1, 0.15) is 13.8 Å². The molecule has 1 N–H and O–H groups in total. The molecule has 1 aromatic heterocycles. The Morgan fingerprint density at radius 1 is 1.33 bits per heavy atom. The number of nitrogens with zero attached hydrogens (tertiary/aromatic N) is 3. The van der Waals surface area contributed by atoms with Crippen LogP contribution in [0, 0.1) is 0 Å². The largest absolute Gasteiger partial charge is 0.372 e. The highest BCUT2D eigenvalue weighted by atomic mass is 79.9. The number of carbonyl (C=O) groups is 1. The number of benzene rings is 1. The van der Waals surface area contributed by atoms with Crippen molar-refractivity contribution in [2.45, 2.75) is 31.2 Å². The first kappa shape index (κ1) is 17.4. The molecule has 0 spiro atoms. The van der Waals surface area contributed by atoms with Crippen LogP contribution in [-0.2, 0) is 9.53 Å². The van der Waals surface area contributed by atoms with Crippen molar-refractivity contribution in [2.24, 2.45) is 0 Å². The molecule has 1 aliphatic rings. The van der Waals surface area contributed by atoms with Crippen molar-refractivity contribution in [3.8, 4) is 11.4 Å². The summed E-state index contributed by atoms with van der Waals surface area (Å²) in [5, 5.41) is 7.68. The van der Waals surface area contributed by atoms with Crippen LogP contribution in [0.3, 0.4) is 0 Å². The zero-order valence-electron chi connectivity index (χ0n) is 13.5. The number of hydrogen-bond acceptors (Lipinski definition) is 5. The van der Waals surface area contributed by atoms with Gasteiger partial charge >= 0.3 is 0 Å². The Labute approximate surface area is 153 Å². The molecule has 2 atom stereocenters. The number of thioether (sulfide) groups is 1. The van der Waals surface area contributed by atoms with E-state index in [0.717, 1.165) is 10.0 Å². The average molecular weight is 411 g/mol. The van der Waals surface area contributed by atoms with E-state index in [0.29, 0.717) is 29.8 Å². The predicted molar refractivity (Wildman–Crippen MR) is 96.8 cm³/mol. The number of rotatable bonds is 4. The summed E-state index contributed by atoms with van der Waals surface area (Å²) in [6.07, 6.45) is 0.158. The molecule has 0 radical (unpaired) electrons. The summed E-state index contributed by atoms with van der Waals surface area (Å²) in [5.41, 5.74) is 0.958. The molecular formula is C16H19BrN4O2S. The van der Waals surface area contributed by atoms with Crippen molar-refractivity contribution in [1.82, 2.24) is 20.1 Å². The van der Waals surface area contributed by atoms with Crippen LogP contribution >= 0.6 is 27.7 Å². The van der Waals surface area contributed by atoms with E-state index in [1.165, 1.54) is 11.8 Å². The lowest BCUT2D eigenvalue weighted by molar-refractivity contribution is -0.140. The molecule has 24 heavy (non-hydrogen) atoms. The van der Waals surface area contributed by atoms with Crippen molar-refractivity contribution in [3.63, 3.8) is 0 Å². The summed E-state index contributed by atoms with van der Waals surface area (Å²) in [6.45, 7) is 5.26. The SMILES string of the molecule is C[C@@H]1CN(C(=O)CSc2n[nH]c(-c3ccc(Br)cc3)n2)C[C@H](C)O1. The summed E-state index contributed by atoms with van der Waals surface area (Å²) in [7, 11) is 0. The second kappa shape index (κ2) is 7.67. The zero-order valence-corrected chi connectivity index (χ0v) is 15.9. The van der Waals surface area contributed by atoms with Crippen LogP contribution in [0.2, 0.25) is 0 Å². The van der Waals surface area contributed by atoms with Crippen molar-refractivity contribution in [1.29, 1.82) is 0 Å². The van der Waals surface area contributed by atoms with E-state index < -0.39 is 0 Å². The quantitative estimate of drug-likeness (QED) is 0.784. The Morgan fingerprint density at radius 2 is 2.00 bits per heavy atom. The van der Waals surface area contributed by atoms with Gasteiger partial charge < -0.3 is 9.64 Å². The lowest BCUT2D eigenvalue weighted by Crippen LogP contribution is -2.48. The predicted octanol–water partition coefficient (Wildman–Crippen LogP) is 2.96. The molecule has 2 heterocycles. The van der Waals surface area contributed by atoms with Gasteiger partial charge in [-0.05, 0) is 26.0 Å². The smallest absolute Gasteiger partial charge is 0.233 e. The third-order valence-electron chi connectivity index (χ3n) is 3.68. The summed E-state index contributed by atoms with van der Waals surface area (Å²) < 4.78 is 6.67. The Hall–Kier alpha value is -1.38. The fraction of sp³-hybridized carbons (Fsp3) is 0.438. The molecule has 1 fully saturated rings. The van der Waals surface area contributed by atoms with Crippen LogP contribution < -0.4 is 0 Å². The molecule has 0 aliphatic carbocycles. The zero-order chi connectivity index (χ0) is 17.1. The topological polar surface area (TPSA) is 71.1 Å². The highest BCUT2D eigenvalue weighted by Gasteiger charge is 2.25. The van der Waals surface area contributed by atoms with Gasteiger partial charge in [0.2, 0.25) is 11.1 Å². The molecule has 1 amide bonds. The standard InChI is InChI=1S/C16H19BrN4O2S/c1-10-7-21(8-11(2)23-10)14(22)9-24-16-18-15(19-20-16)12-3-5-13(17)6-4-12/h3-6,10-11H,7-9H2,1-2H3,(H,18,19,20)/t10-,11+. The minimum atomic E-state index is 0.0789. The maximum absolute atomic E-state index is 12.4. The maximum atomic E-state index is 12.4. The Morgan fingerprint density at radius 3 is 2.67 bits per heavy atom. The highest BCUT2D eigenvalue weighted by molar-refractivity contribution is 9.10. The molecule has 1 saturated heterocycles. The van der Waals surface area contributed by atoms with E-state index in [2.05, 4.69) is 31.1 Å². The fourth-order valence-corrected chi connectivity index (χ4v) is 3.61. The van der Waals surface area contributed by atoms with Crippen molar-refractivity contribution < 1.29 is 9.53 Å². The van der Waals surface area contributed by atoms with Crippen LogP contribution in [0.25, 0.3) is 11.4 Å². The van der Waals surface area contributed by atoms with Gasteiger partial charge in [-0.3, -0.25) is 9.89 Å². The van der Waals surface area contributed by atoms with Crippen LogP contribution in [0.4, 0.5) is 0 Å². The lowest BCUT2D eigenvalue weighted by atomic mass is 10.2. The number of nitrogens with one attached hydrogen (secondary N) is 1. The van der Waals surface area contributed by atoms with Crippen molar-refractivity contribution >= 4 is 33.6 Å². The fourth-order valence-electron chi connectivity index (χ4n) is 2.65. The molecule has 0 bridgehead atoms. The molecule has 128 valence electrons. The highest BCUT2D eigenvalue weighted by Crippen LogP contribution is 2.22. The van der Waals surface area contributed by atoms with E-state index in [1.54, 1.807) is 0 Å². The molecule has 3 rings (SSSR count). The van der Waals surface area contributed by atoms with Gasteiger partial charge in [-0.25, -0.2) is 4.98 Å². The van der Waals surface area contributed by atoms with Gasteiger partial charge in [-0.2, -0.15) is 0 Å². The Bertz CT molecular complexity index is 696. The first-order chi connectivity index (χ1) is 11.5. The molecule has 8 heteroatoms. The van der Waals surface area contributed by atoms with Crippen molar-refractivity contribution in [3.05, 3.63) is 28.7 Å². The maximum Gasteiger partial charge on any atom is 0.233 e. The number of carbonyl (C=O) groups excluding carboxylic acids is 1. The number of hydrogen-bond donors (Lipinski definition) is 1. The van der Waals surface area contributed by atoms with Crippen LogP contribution in [0.15, 0.2) is 33.9 Å². The Kier molecular flexibility index (Phi) is 5.57. The van der Waals surface area contributed by atoms with Gasteiger partial charge in [0.1, 0.15) is 0 Å². The second-order valence-electron chi connectivity index (χ2n) is 5.82. The third-order valence-corrected chi connectivity index (χ3v) is 5.04. The number of halogens is 1. The van der Waals surface area contributed by atoms with Crippen LogP contribution in [-0.4, -0.2) is 57.0 Å². The van der Waals surface area contributed by atoms with Gasteiger partial charge in [-0.1, -0.05) is 39.8 Å². The number of H-pyrrole nitrogens is 1. The normalized spacial score (nSPS) is 21.0. The number of amides is 1. The Balaban J connectivity index is 1.57. The number of ether oxygens (including phenoxy) is 1. The van der Waals surface area contributed by atoms with E-state index in [1.807, 2.05) is 43.0 Å². The van der Waals surface area contributed by atoms with Crippen molar-refractivity contribution in [2.75, 3.05) is 18.8 Å². The first-order valence-electron chi connectivity index (χ1n) is 7.75. The van der Waals surface area contributed by atoms with Gasteiger partial charge in [0.15, 0.2) is 5.82 Å². The summed E-state index contributed by atoms with van der Waals surface area (Å²) in [5.74, 6) is 1.12. The second-order valence-corrected chi connectivity index (χ2v) is 7.68. The van der Waals surface area contributed by atoms with Gasteiger partial charge in [0.25, 0.3) is 0 Å². The summed E-state index contributed by atoms with van der Waals surface area (Å²) in [6, 6.07) is 7.82. The molecule has 0 saturated carbocycles. The summed E-state index contributed by atoms with van der Waals surface area (Å²) in [4.78, 5) is 18.7. The van der Waals surface area contributed by atoms with Gasteiger partial charge in [0.05, 0.1) is 18.0 Å². The minimum Gasteiger partial charge on any atom is -0.372 e. The molecule has 2 aromatic rings. The van der Waals surface area contributed by atoms with Gasteiger partial charge in [0, 0.05) is 23.1 Å². The van der Waals surface area contributed by atoms with E-state index >= 15 is 0 Å². The molecule has 1 aliphatic heterocycles. The van der Waals surface area contributed by atoms with Crippen LogP contribution in [0.5, 0.6) is 0 Å². The molecule has 0 unspecified atom stereocenters. The summed E-state index contributed by atoms with van der Waals surface area (Å²) >= 11 is 4.76. The van der Waals surface area contributed by atoms with Gasteiger partial charge in [-0.15, -0.1) is 5.10 Å². The van der Waals surface area contributed by atoms with E-state index in [4.69, 9.17) is 4.74 Å². The molecule has 1 aromatic carbocycles. The lowest BCUT2D eigenvalue weighted by Gasteiger charge is -2.35. The average Bonchev–Trinajstić information content (AvgIpc) is 3.01. The minimum absolute atomic E-state index is 0.0789. The third kappa shape index (κ3) is 4.37. The first-order valence-corrected chi connectivity index (χ1v) is 9.53. The molecular weight excluding hydrogens is 392 g/mol. The van der Waals surface area contributed by atoms with E-state index in [9.17, 15) is 4.79 Å². The number of aromatic nitrogens is 3. The number of aromatic amines is 1. The monoisotopic (exact) mass is 410 g/mol. The molecule has 6 nitrogen and oxygen atoms in total. The van der Waals surface area contributed by atoms with E-state index in [-0.39, 0.29) is 18.1 Å². The number of morpholine rings is 1.